The van der Waals surface area contributed by atoms with Crippen LogP contribution < -0.4 is 10.6 Å². The van der Waals surface area contributed by atoms with Gasteiger partial charge in [-0.2, -0.15) is 0 Å². The minimum absolute atomic E-state index is 0.0802. The van der Waals surface area contributed by atoms with Crippen molar-refractivity contribution in [2.24, 2.45) is 5.92 Å². The summed E-state index contributed by atoms with van der Waals surface area (Å²) in [6, 6.07) is 7.47. The maximum absolute atomic E-state index is 12.5. The van der Waals surface area contributed by atoms with Crippen molar-refractivity contribution in [1.82, 2.24) is 19.9 Å². The number of hydrogen-bond donors (Lipinski definition) is 2. The summed E-state index contributed by atoms with van der Waals surface area (Å²) in [5, 5.41) is 8.58. The topological polar surface area (TPSA) is 100 Å². The highest BCUT2D eigenvalue weighted by molar-refractivity contribution is 7.13. The van der Waals surface area contributed by atoms with E-state index in [4.69, 9.17) is 0 Å². The molecule has 0 bridgehead atoms. The Labute approximate surface area is 172 Å². The van der Waals surface area contributed by atoms with Crippen LogP contribution in [0.5, 0.6) is 0 Å². The van der Waals surface area contributed by atoms with E-state index in [9.17, 15) is 9.59 Å². The zero-order valence-corrected chi connectivity index (χ0v) is 16.4. The summed E-state index contributed by atoms with van der Waals surface area (Å²) >= 11 is 1.57. The molecule has 148 valence electrons. The summed E-state index contributed by atoms with van der Waals surface area (Å²) in [7, 11) is 0. The maximum Gasteiger partial charge on any atom is 0.321 e. The lowest BCUT2D eigenvalue weighted by atomic mass is 9.96. The van der Waals surface area contributed by atoms with Gasteiger partial charge in [0.1, 0.15) is 5.01 Å². The number of benzene rings is 1. The standard InChI is InChI=1S/C20H20N6O2S/c27-18(25-17-13-21-7-8-22-17)14-5-10-26(11-6-14)20(28)24-16-3-1-15(2-4-16)19-23-9-12-29-19/h1-4,7-9,12-14H,5-6,10-11H2,(H,24,28)(H,22,25,27). The molecule has 29 heavy (non-hydrogen) atoms. The number of likely N-dealkylation sites (tertiary alicyclic amines) is 1. The Morgan fingerprint density at radius 2 is 1.79 bits per heavy atom. The first-order valence-electron chi connectivity index (χ1n) is 9.32. The smallest absolute Gasteiger partial charge is 0.321 e. The number of carbonyl (C=O) groups is 2. The van der Waals surface area contributed by atoms with Crippen LogP contribution in [0.2, 0.25) is 0 Å². The molecule has 3 aromatic rings. The molecule has 1 aromatic carbocycles. The van der Waals surface area contributed by atoms with Crippen LogP contribution >= 0.6 is 11.3 Å². The van der Waals surface area contributed by atoms with E-state index in [-0.39, 0.29) is 17.9 Å². The van der Waals surface area contributed by atoms with Gasteiger partial charge in [0, 0.05) is 54.2 Å². The van der Waals surface area contributed by atoms with Gasteiger partial charge >= 0.3 is 6.03 Å². The van der Waals surface area contributed by atoms with Gasteiger partial charge in [-0.3, -0.25) is 9.78 Å². The highest BCUT2D eigenvalue weighted by atomic mass is 32.1. The van der Waals surface area contributed by atoms with E-state index < -0.39 is 0 Å². The zero-order valence-electron chi connectivity index (χ0n) is 15.6. The highest BCUT2D eigenvalue weighted by Crippen LogP contribution is 2.24. The van der Waals surface area contributed by atoms with Crippen molar-refractivity contribution in [1.29, 1.82) is 0 Å². The molecule has 0 atom stereocenters. The predicted molar refractivity (Wildman–Crippen MR) is 112 cm³/mol. The third-order valence-corrected chi connectivity index (χ3v) is 5.61. The van der Waals surface area contributed by atoms with Crippen molar-refractivity contribution >= 4 is 34.8 Å². The van der Waals surface area contributed by atoms with Crippen LogP contribution in [0.15, 0.2) is 54.4 Å². The van der Waals surface area contributed by atoms with Gasteiger partial charge in [0.25, 0.3) is 0 Å². The van der Waals surface area contributed by atoms with Crippen LogP contribution in [0.3, 0.4) is 0 Å². The number of anilines is 2. The Bertz CT molecular complexity index is 954. The largest absolute Gasteiger partial charge is 0.324 e. The molecule has 3 amide bonds. The average molecular weight is 408 g/mol. The number of carbonyl (C=O) groups excluding carboxylic acids is 2. The SMILES string of the molecule is O=C(Nc1cnccn1)C1CCN(C(=O)Nc2ccc(-c3nccs3)cc2)CC1. The Kier molecular flexibility index (Phi) is 5.76. The molecule has 2 N–H and O–H groups in total. The lowest BCUT2D eigenvalue weighted by Crippen LogP contribution is -2.43. The first-order chi connectivity index (χ1) is 14.2. The predicted octanol–water partition coefficient (Wildman–Crippen LogP) is 3.48. The summed E-state index contributed by atoms with van der Waals surface area (Å²) in [5.41, 5.74) is 1.76. The number of rotatable bonds is 4. The Morgan fingerprint density at radius 3 is 2.45 bits per heavy atom. The second-order valence-corrected chi connectivity index (χ2v) is 7.58. The molecule has 1 saturated heterocycles. The van der Waals surface area contributed by atoms with Gasteiger partial charge in [-0.05, 0) is 37.1 Å². The molecular weight excluding hydrogens is 388 g/mol. The number of thiazole rings is 1. The summed E-state index contributed by atoms with van der Waals surface area (Å²) in [4.78, 5) is 38.9. The van der Waals surface area contributed by atoms with E-state index in [0.29, 0.717) is 31.7 Å². The molecule has 0 unspecified atom stereocenters. The van der Waals surface area contributed by atoms with Crippen LogP contribution in [0.1, 0.15) is 12.8 Å². The maximum atomic E-state index is 12.5. The van der Waals surface area contributed by atoms with Gasteiger partial charge < -0.3 is 15.5 Å². The summed E-state index contributed by atoms with van der Waals surface area (Å²) in [6.07, 6.45) is 7.60. The van der Waals surface area contributed by atoms with Gasteiger partial charge in [0.15, 0.2) is 5.82 Å². The number of piperidine rings is 1. The van der Waals surface area contributed by atoms with Gasteiger partial charge in [0.2, 0.25) is 5.91 Å². The van der Waals surface area contributed by atoms with Crippen LogP contribution in [0.4, 0.5) is 16.3 Å². The third kappa shape index (κ3) is 4.75. The van der Waals surface area contributed by atoms with E-state index >= 15 is 0 Å². The third-order valence-electron chi connectivity index (χ3n) is 4.78. The van der Waals surface area contributed by atoms with E-state index in [2.05, 4.69) is 25.6 Å². The van der Waals surface area contributed by atoms with E-state index in [0.717, 1.165) is 16.3 Å². The molecule has 0 radical (unpaired) electrons. The lowest BCUT2D eigenvalue weighted by Gasteiger charge is -2.31. The van der Waals surface area contributed by atoms with Crippen molar-refractivity contribution < 1.29 is 9.59 Å². The molecule has 4 rings (SSSR count). The fourth-order valence-electron chi connectivity index (χ4n) is 3.20. The Hall–Kier alpha value is -3.33. The number of nitrogens with one attached hydrogen (secondary N) is 2. The van der Waals surface area contributed by atoms with Gasteiger partial charge in [-0.1, -0.05) is 0 Å². The molecule has 8 nitrogen and oxygen atoms in total. The average Bonchev–Trinajstić information content (AvgIpc) is 3.30. The monoisotopic (exact) mass is 408 g/mol. The molecule has 0 aliphatic carbocycles. The number of nitrogens with zero attached hydrogens (tertiary/aromatic N) is 4. The van der Waals surface area contributed by atoms with Crippen molar-refractivity contribution in [2.75, 3.05) is 23.7 Å². The van der Waals surface area contributed by atoms with Crippen molar-refractivity contribution in [3.05, 3.63) is 54.4 Å². The second-order valence-electron chi connectivity index (χ2n) is 6.69. The summed E-state index contributed by atoms with van der Waals surface area (Å²) in [6.45, 7) is 1.06. The normalized spacial score (nSPS) is 14.4. The second kappa shape index (κ2) is 8.78. The van der Waals surface area contributed by atoms with Crippen molar-refractivity contribution in [2.45, 2.75) is 12.8 Å². The number of aromatic nitrogens is 3. The number of urea groups is 1. The molecule has 1 fully saturated rings. The fourth-order valence-corrected chi connectivity index (χ4v) is 3.85. The van der Waals surface area contributed by atoms with Crippen LogP contribution in [0, 0.1) is 5.92 Å². The van der Waals surface area contributed by atoms with E-state index in [1.165, 1.54) is 12.4 Å². The lowest BCUT2D eigenvalue weighted by molar-refractivity contribution is -0.121. The molecular formula is C20H20N6O2S. The molecule has 3 heterocycles. The van der Waals surface area contributed by atoms with E-state index in [1.54, 1.807) is 28.6 Å². The number of amides is 3. The molecule has 0 saturated carbocycles. The molecule has 1 aliphatic rings. The first-order valence-corrected chi connectivity index (χ1v) is 10.2. The minimum atomic E-state index is -0.153. The molecule has 0 spiro atoms. The Balaban J connectivity index is 1.27. The summed E-state index contributed by atoms with van der Waals surface area (Å²) < 4.78 is 0. The van der Waals surface area contributed by atoms with Gasteiger partial charge in [-0.15, -0.1) is 11.3 Å². The van der Waals surface area contributed by atoms with Crippen LogP contribution in [0.25, 0.3) is 10.6 Å². The molecule has 2 aromatic heterocycles. The highest BCUT2D eigenvalue weighted by Gasteiger charge is 2.27. The first kappa shape index (κ1) is 19.0. The van der Waals surface area contributed by atoms with Gasteiger partial charge in [-0.25, -0.2) is 14.8 Å². The number of hydrogen-bond acceptors (Lipinski definition) is 6. The van der Waals surface area contributed by atoms with Crippen LogP contribution in [-0.4, -0.2) is 44.9 Å². The fraction of sp³-hybridized carbons (Fsp3) is 0.250. The van der Waals surface area contributed by atoms with Crippen molar-refractivity contribution in [3.63, 3.8) is 0 Å². The molecule has 1 aliphatic heterocycles. The quantitative estimate of drug-likeness (QED) is 0.688. The van der Waals surface area contributed by atoms with E-state index in [1.807, 2.05) is 29.6 Å². The van der Waals surface area contributed by atoms with Crippen molar-refractivity contribution in [3.8, 4) is 10.6 Å². The molecule has 9 heteroatoms. The van der Waals surface area contributed by atoms with Crippen LogP contribution in [-0.2, 0) is 4.79 Å². The summed E-state index contributed by atoms with van der Waals surface area (Å²) in [5.74, 6) is 0.223. The van der Waals surface area contributed by atoms with Gasteiger partial charge in [0.05, 0.1) is 6.20 Å². The Morgan fingerprint density at radius 1 is 1.00 bits per heavy atom. The zero-order chi connectivity index (χ0) is 20.1. The minimum Gasteiger partial charge on any atom is -0.324 e.